The molecule has 0 aromatic heterocycles. The van der Waals surface area contributed by atoms with Crippen LogP contribution in [0.4, 0.5) is 0 Å². The second-order valence-electron chi connectivity index (χ2n) is 7.18. The van der Waals surface area contributed by atoms with Gasteiger partial charge in [0, 0.05) is 12.1 Å². The lowest BCUT2D eigenvalue weighted by molar-refractivity contribution is -0.129. The Kier molecular flexibility index (Phi) is 4.98. The van der Waals surface area contributed by atoms with Crippen molar-refractivity contribution in [2.24, 2.45) is 0 Å². The first kappa shape index (κ1) is 18.1. The Morgan fingerprint density at radius 1 is 0.857 bits per heavy atom. The van der Waals surface area contributed by atoms with Crippen LogP contribution in [0.25, 0.3) is 5.57 Å². The maximum Gasteiger partial charge on any atom is 0.289 e. The van der Waals surface area contributed by atoms with Crippen molar-refractivity contribution in [1.82, 2.24) is 4.90 Å². The molecule has 3 heteroatoms. The third-order valence-corrected chi connectivity index (χ3v) is 5.27. The molecule has 1 heterocycles. The van der Waals surface area contributed by atoms with Gasteiger partial charge in [-0.1, -0.05) is 90.5 Å². The second-order valence-corrected chi connectivity index (χ2v) is 7.18. The molecule has 4 rings (SSSR count). The van der Waals surface area contributed by atoms with Gasteiger partial charge in [-0.05, 0) is 30.0 Å². The Hall–Kier alpha value is -3.33. The first-order valence-electron chi connectivity index (χ1n) is 9.55. The topological polar surface area (TPSA) is 40.5 Å². The number of carbonyl (C=O) groups is 1. The molecule has 0 spiro atoms. The lowest BCUT2D eigenvalue weighted by atomic mass is 9.93. The number of aliphatic hydroxyl groups is 1. The highest BCUT2D eigenvalue weighted by atomic mass is 16.3. The van der Waals surface area contributed by atoms with Gasteiger partial charge >= 0.3 is 0 Å². The van der Waals surface area contributed by atoms with Crippen LogP contribution in [0.1, 0.15) is 28.3 Å². The molecule has 0 saturated heterocycles. The maximum absolute atomic E-state index is 13.0. The van der Waals surface area contributed by atoms with Gasteiger partial charge in [0.25, 0.3) is 5.91 Å². The van der Waals surface area contributed by atoms with Gasteiger partial charge in [0.15, 0.2) is 5.76 Å². The van der Waals surface area contributed by atoms with Crippen molar-refractivity contribution < 1.29 is 9.90 Å². The Bertz CT molecular complexity index is 992. The van der Waals surface area contributed by atoms with Crippen molar-refractivity contribution in [3.8, 4) is 0 Å². The fourth-order valence-electron chi connectivity index (χ4n) is 3.79. The molecule has 1 N–H and O–H groups in total. The smallest absolute Gasteiger partial charge is 0.289 e. The summed E-state index contributed by atoms with van der Waals surface area (Å²) < 4.78 is 0. The molecule has 1 atom stereocenters. The zero-order valence-corrected chi connectivity index (χ0v) is 15.9. The van der Waals surface area contributed by atoms with E-state index in [4.69, 9.17) is 0 Å². The molecular weight excluding hydrogens is 346 g/mol. The van der Waals surface area contributed by atoms with Gasteiger partial charge in [-0.2, -0.15) is 0 Å². The van der Waals surface area contributed by atoms with E-state index >= 15 is 0 Å². The molecule has 1 aliphatic rings. The highest BCUT2D eigenvalue weighted by Gasteiger charge is 2.40. The van der Waals surface area contributed by atoms with Gasteiger partial charge in [0.1, 0.15) is 0 Å². The molecule has 1 unspecified atom stereocenters. The zero-order chi connectivity index (χ0) is 19.5. The van der Waals surface area contributed by atoms with E-state index in [1.165, 1.54) is 11.1 Å². The number of nitrogens with zero attached hydrogens (tertiary/aromatic N) is 1. The minimum atomic E-state index is -0.305. The number of hydrogen-bond acceptors (Lipinski definition) is 2. The van der Waals surface area contributed by atoms with Crippen molar-refractivity contribution in [2.75, 3.05) is 6.54 Å². The van der Waals surface area contributed by atoms with Crippen LogP contribution in [0.3, 0.4) is 0 Å². The average molecular weight is 369 g/mol. The normalized spacial score (nSPS) is 16.7. The van der Waals surface area contributed by atoms with Gasteiger partial charge in [-0.3, -0.25) is 4.79 Å². The SMILES string of the molecule is Cc1ccc(C2C(c3ccccc3)=C(O)C(=O)N2CCc2ccccc2)cc1. The molecule has 3 nitrogen and oxygen atoms in total. The third kappa shape index (κ3) is 3.44. The van der Waals surface area contributed by atoms with Gasteiger partial charge in [-0.25, -0.2) is 0 Å². The Morgan fingerprint density at radius 2 is 1.46 bits per heavy atom. The van der Waals surface area contributed by atoms with E-state index in [9.17, 15) is 9.90 Å². The van der Waals surface area contributed by atoms with E-state index < -0.39 is 0 Å². The van der Waals surface area contributed by atoms with Gasteiger partial charge in [0.05, 0.1) is 6.04 Å². The van der Waals surface area contributed by atoms with Crippen molar-refractivity contribution in [2.45, 2.75) is 19.4 Å². The summed E-state index contributed by atoms with van der Waals surface area (Å²) in [5, 5.41) is 10.8. The standard InChI is InChI=1S/C25H23NO2/c1-18-12-14-21(15-13-18)23-22(20-10-6-3-7-11-20)24(27)25(28)26(23)17-16-19-8-4-2-5-9-19/h2-15,23,27H,16-17H2,1H3. The van der Waals surface area contributed by atoms with Crippen LogP contribution in [-0.4, -0.2) is 22.5 Å². The van der Waals surface area contributed by atoms with E-state index in [0.29, 0.717) is 12.1 Å². The summed E-state index contributed by atoms with van der Waals surface area (Å²) in [6, 6.07) is 27.7. The summed E-state index contributed by atoms with van der Waals surface area (Å²) in [6.45, 7) is 2.59. The predicted octanol–water partition coefficient (Wildman–Crippen LogP) is 5.09. The van der Waals surface area contributed by atoms with Gasteiger partial charge in [0.2, 0.25) is 0 Å². The summed E-state index contributed by atoms with van der Waals surface area (Å²) in [5.74, 6) is -0.454. The number of rotatable bonds is 5. The van der Waals surface area contributed by atoms with Crippen LogP contribution in [0.15, 0.2) is 90.7 Å². The lowest BCUT2D eigenvalue weighted by Crippen LogP contribution is -2.32. The number of amides is 1. The summed E-state index contributed by atoms with van der Waals surface area (Å²) in [4.78, 5) is 14.8. The largest absolute Gasteiger partial charge is 0.503 e. The first-order chi connectivity index (χ1) is 13.6. The predicted molar refractivity (Wildman–Crippen MR) is 112 cm³/mol. The summed E-state index contributed by atoms with van der Waals surface area (Å²) >= 11 is 0. The number of benzene rings is 3. The van der Waals surface area contributed by atoms with Crippen molar-refractivity contribution in [3.63, 3.8) is 0 Å². The fraction of sp³-hybridized carbons (Fsp3) is 0.160. The summed E-state index contributed by atoms with van der Waals surface area (Å²) in [5.41, 5.74) is 4.91. The van der Waals surface area contributed by atoms with Gasteiger partial charge in [-0.15, -0.1) is 0 Å². The van der Waals surface area contributed by atoms with Crippen LogP contribution in [0.2, 0.25) is 0 Å². The van der Waals surface area contributed by atoms with Crippen molar-refractivity contribution >= 4 is 11.5 Å². The maximum atomic E-state index is 13.0. The molecule has 0 fully saturated rings. The van der Waals surface area contributed by atoms with Crippen LogP contribution in [0.5, 0.6) is 0 Å². The molecule has 0 bridgehead atoms. The molecule has 0 radical (unpaired) electrons. The van der Waals surface area contributed by atoms with Gasteiger partial charge < -0.3 is 10.0 Å². The van der Waals surface area contributed by atoms with Crippen molar-refractivity contribution in [3.05, 3.63) is 113 Å². The molecule has 3 aromatic carbocycles. The number of hydrogen-bond donors (Lipinski definition) is 1. The quantitative estimate of drug-likeness (QED) is 0.680. The second kappa shape index (κ2) is 7.73. The third-order valence-electron chi connectivity index (χ3n) is 5.27. The van der Waals surface area contributed by atoms with E-state index in [1.54, 1.807) is 4.90 Å². The average Bonchev–Trinajstić information content (AvgIpc) is 2.99. The van der Waals surface area contributed by atoms with Crippen LogP contribution in [-0.2, 0) is 11.2 Å². The molecule has 1 amide bonds. The number of aliphatic hydroxyl groups excluding tert-OH is 1. The monoisotopic (exact) mass is 369 g/mol. The molecule has 3 aromatic rings. The van der Waals surface area contributed by atoms with Crippen LogP contribution < -0.4 is 0 Å². The molecular formula is C25H23NO2. The number of carbonyl (C=O) groups excluding carboxylic acids is 1. The minimum absolute atomic E-state index is 0.148. The molecule has 1 aliphatic heterocycles. The van der Waals surface area contributed by atoms with Crippen LogP contribution >= 0.6 is 0 Å². The zero-order valence-electron chi connectivity index (χ0n) is 15.9. The van der Waals surface area contributed by atoms with Crippen LogP contribution in [0, 0.1) is 6.92 Å². The highest BCUT2D eigenvalue weighted by Crippen LogP contribution is 2.42. The Labute approximate surface area is 165 Å². The van der Waals surface area contributed by atoms with E-state index in [1.807, 2.05) is 79.7 Å². The van der Waals surface area contributed by atoms with Crippen molar-refractivity contribution in [1.29, 1.82) is 0 Å². The van der Waals surface area contributed by atoms with E-state index in [0.717, 1.165) is 17.5 Å². The Morgan fingerprint density at radius 3 is 2.11 bits per heavy atom. The first-order valence-corrected chi connectivity index (χ1v) is 9.55. The molecule has 0 aliphatic carbocycles. The van der Waals surface area contributed by atoms with E-state index in [-0.39, 0.29) is 17.7 Å². The summed E-state index contributed by atoms with van der Waals surface area (Å²) in [6.07, 6.45) is 0.740. The Balaban J connectivity index is 1.72. The number of aryl methyl sites for hydroxylation is 1. The summed E-state index contributed by atoms with van der Waals surface area (Å²) in [7, 11) is 0. The highest BCUT2D eigenvalue weighted by molar-refractivity contribution is 6.05. The molecule has 28 heavy (non-hydrogen) atoms. The minimum Gasteiger partial charge on any atom is -0.503 e. The molecule has 140 valence electrons. The van der Waals surface area contributed by atoms with E-state index in [2.05, 4.69) is 12.1 Å². The fourth-order valence-corrected chi connectivity index (χ4v) is 3.79. The lowest BCUT2D eigenvalue weighted by Gasteiger charge is -2.27. The molecule has 0 saturated carbocycles.